The van der Waals surface area contributed by atoms with Crippen LogP contribution in [0.4, 0.5) is 0 Å². The number of nitriles is 1. The molecule has 7 nitrogen and oxygen atoms in total. The van der Waals surface area contributed by atoms with Gasteiger partial charge in [-0.25, -0.2) is 0 Å². The maximum Gasteiger partial charge on any atom is 0.262 e. The first-order valence-corrected chi connectivity index (χ1v) is 7.91. The Morgan fingerprint density at radius 2 is 1.65 bits per heavy atom. The second-order valence-corrected chi connectivity index (χ2v) is 5.65. The van der Waals surface area contributed by atoms with Gasteiger partial charge in [-0.1, -0.05) is 12.1 Å². The van der Waals surface area contributed by atoms with E-state index in [4.69, 9.17) is 18.9 Å². The molecule has 0 radical (unpaired) electrons. The molecule has 0 aliphatic carbocycles. The molecule has 1 N–H and O–H groups in total. The lowest BCUT2D eigenvalue weighted by atomic mass is 10.1. The van der Waals surface area contributed by atoms with Crippen molar-refractivity contribution in [1.29, 1.82) is 5.26 Å². The number of hydrogen-bond acceptors (Lipinski definition) is 6. The Hall–Kier alpha value is -3.66. The zero-order chi connectivity index (χ0) is 17.9. The van der Waals surface area contributed by atoms with Crippen molar-refractivity contribution in [2.45, 2.75) is 6.54 Å². The van der Waals surface area contributed by atoms with Crippen molar-refractivity contribution in [3.63, 3.8) is 0 Å². The highest BCUT2D eigenvalue weighted by atomic mass is 16.7. The van der Waals surface area contributed by atoms with Gasteiger partial charge in [0.1, 0.15) is 11.6 Å². The Kier molecular flexibility index (Phi) is 4.07. The topological polar surface area (TPSA) is 89.8 Å². The molecule has 26 heavy (non-hydrogen) atoms. The second-order valence-electron chi connectivity index (χ2n) is 5.65. The lowest BCUT2D eigenvalue weighted by molar-refractivity contribution is -0.117. The highest BCUT2D eigenvalue weighted by Crippen LogP contribution is 2.33. The Bertz CT molecular complexity index is 945. The maximum absolute atomic E-state index is 12.3. The summed E-state index contributed by atoms with van der Waals surface area (Å²) in [6.45, 7) is 0.640. The molecule has 0 atom stereocenters. The van der Waals surface area contributed by atoms with Gasteiger partial charge in [0, 0.05) is 6.54 Å². The summed E-state index contributed by atoms with van der Waals surface area (Å²) in [4.78, 5) is 12.3. The molecule has 1 amide bonds. The highest BCUT2D eigenvalue weighted by Gasteiger charge is 2.16. The van der Waals surface area contributed by atoms with Crippen molar-refractivity contribution in [3.05, 3.63) is 53.1 Å². The van der Waals surface area contributed by atoms with E-state index >= 15 is 0 Å². The molecule has 2 heterocycles. The van der Waals surface area contributed by atoms with Crippen LogP contribution >= 0.6 is 0 Å². The number of hydrogen-bond donors (Lipinski definition) is 1. The van der Waals surface area contributed by atoms with E-state index in [1.54, 1.807) is 30.3 Å². The SMILES string of the molecule is N#CC(=Cc1ccc2c(c1)OCO2)C(=O)NCc1ccc2c(c1)OCO2. The number of nitrogens with zero attached hydrogens (tertiary/aromatic N) is 1. The van der Waals surface area contributed by atoms with Crippen molar-refractivity contribution < 1.29 is 23.7 Å². The van der Waals surface area contributed by atoms with Crippen LogP contribution < -0.4 is 24.3 Å². The largest absolute Gasteiger partial charge is 0.454 e. The first-order valence-electron chi connectivity index (χ1n) is 7.91. The molecule has 2 aliphatic rings. The van der Waals surface area contributed by atoms with Gasteiger partial charge in [-0.3, -0.25) is 4.79 Å². The molecule has 0 saturated heterocycles. The van der Waals surface area contributed by atoms with Crippen LogP contribution in [0.2, 0.25) is 0 Å². The van der Waals surface area contributed by atoms with Gasteiger partial charge in [0.15, 0.2) is 23.0 Å². The maximum atomic E-state index is 12.3. The number of amides is 1. The fourth-order valence-electron chi connectivity index (χ4n) is 2.65. The molecule has 0 spiro atoms. The third-order valence-electron chi connectivity index (χ3n) is 3.96. The molecule has 0 bridgehead atoms. The number of nitrogens with one attached hydrogen (secondary N) is 1. The number of fused-ring (bicyclic) bond motifs is 2. The molecule has 2 aromatic rings. The summed E-state index contributed by atoms with van der Waals surface area (Å²) in [5.41, 5.74) is 1.54. The van der Waals surface area contributed by atoms with Gasteiger partial charge in [0.25, 0.3) is 5.91 Å². The molecule has 4 rings (SSSR count). The normalized spacial score (nSPS) is 14.0. The zero-order valence-electron chi connectivity index (χ0n) is 13.7. The van der Waals surface area contributed by atoms with Crippen molar-refractivity contribution in [3.8, 4) is 29.1 Å². The van der Waals surface area contributed by atoms with Gasteiger partial charge >= 0.3 is 0 Å². The van der Waals surface area contributed by atoms with E-state index in [1.165, 1.54) is 6.08 Å². The van der Waals surface area contributed by atoms with E-state index in [2.05, 4.69) is 5.32 Å². The first-order chi connectivity index (χ1) is 12.7. The van der Waals surface area contributed by atoms with Gasteiger partial charge in [-0.15, -0.1) is 0 Å². The average molecular weight is 350 g/mol. The van der Waals surface area contributed by atoms with E-state index in [0.717, 1.165) is 5.56 Å². The van der Waals surface area contributed by atoms with Crippen molar-refractivity contribution >= 4 is 12.0 Å². The molecule has 0 unspecified atom stereocenters. The highest BCUT2D eigenvalue weighted by molar-refractivity contribution is 6.01. The van der Waals surface area contributed by atoms with Crippen LogP contribution in [-0.4, -0.2) is 19.5 Å². The summed E-state index contributed by atoms with van der Waals surface area (Å²) in [5, 5.41) is 12.0. The molecule has 0 saturated carbocycles. The van der Waals surface area contributed by atoms with E-state index in [1.807, 2.05) is 12.1 Å². The summed E-state index contributed by atoms with van der Waals surface area (Å²) < 4.78 is 21.1. The molecule has 7 heteroatoms. The number of carbonyl (C=O) groups excluding carboxylic acids is 1. The van der Waals surface area contributed by atoms with E-state index in [-0.39, 0.29) is 25.7 Å². The summed E-state index contributed by atoms with van der Waals surface area (Å²) in [6, 6.07) is 12.6. The summed E-state index contributed by atoms with van der Waals surface area (Å²) >= 11 is 0. The zero-order valence-corrected chi connectivity index (χ0v) is 13.7. The minimum atomic E-state index is -0.456. The minimum absolute atomic E-state index is 0.00427. The number of carbonyl (C=O) groups is 1. The van der Waals surface area contributed by atoms with Crippen LogP contribution in [0.25, 0.3) is 6.08 Å². The molecule has 2 aromatic carbocycles. The van der Waals surface area contributed by atoms with Crippen molar-refractivity contribution in [2.75, 3.05) is 13.6 Å². The molecular weight excluding hydrogens is 336 g/mol. The van der Waals surface area contributed by atoms with Crippen LogP contribution in [0.1, 0.15) is 11.1 Å². The molecule has 130 valence electrons. The minimum Gasteiger partial charge on any atom is -0.454 e. The lowest BCUT2D eigenvalue weighted by Crippen LogP contribution is -2.23. The Morgan fingerprint density at radius 1 is 1.00 bits per heavy atom. The van der Waals surface area contributed by atoms with Gasteiger partial charge in [-0.05, 0) is 41.5 Å². The van der Waals surface area contributed by atoms with Gasteiger partial charge in [0.05, 0.1) is 0 Å². The Morgan fingerprint density at radius 3 is 2.38 bits per heavy atom. The molecule has 0 aromatic heterocycles. The first kappa shape index (κ1) is 15.8. The molecular formula is C19H14N2O5. The summed E-state index contributed by atoms with van der Waals surface area (Å²) in [7, 11) is 0. The van der Waals surface area contributed by atoms with Crippen LogP contribution in [0.5, 0.6) is 23.0 Å². The van der Waals surface area contributed by atoms with Crippen LogP contribution in [0.15, 0.2) is 42.0 Å². The van der Waals surface area contributed by atoms with E-state index in [0.29, 0.717) is 28.6 Å². The van der Waals surface area contributed by atoms with Crippen molar-refractivity contribution in [2.24, 2.45) is 0 Å². The quantitative estimate of drug-likeness (QED) is 0.673. The summed E-state index contributed by atoms with van der Waals surface area (Å²) in [6.07, 6.45) is 1.51. The monoisotopic (exact) mass is 350 g/mol. The fourth-order valence-corrected chi connectivity index (χ4v) is 2.65. The van der Waals surface area contributed by atoms with Gasteiger partial charge in [0.2, 0.25) is 13.6 Å². The molecule has 0 fully saturated rings. The third kappa shape index (κ3) is 3.13. The van der Waals surface area contributed by atoms with E-state index in [9.17, 15) is 10.1 Å². The predicted octanol–water partition coefficient (Wildman–Crippen LogP) is 2.37. The third-order valence-corrected chi connectivity index (χ3v) is 3.96. The van der Waals surface area contributed by atoms with Gasteiger partial charge in [-0.2, -0.15) is 5.26 Å². The Labute approximate surface area is 149 Å². The number of ether oxygens (including phenoxy) is 4. The summed E-state index contributed by atoms with van der Waals surface area (Å²) in [5.74, 6) is 2.11. The predicted molar refractivity (Wildman–Crippen MR) is 90.6 cm³/mol. The van der Waals surface area contributed by atoms with Gasteiger partial charge < -0.3 is 24.3 Å². The average Bonchev–Trinajstić information content (AvgIpc) is 3.32. The standard InChI is InChI=1S/C19H14N2O5/c20-8-14(5-12-1-3-15-17(6-12)25-10-23-15)19(22)21-9-13-2-4-16-18(7-13)26-11-24-16/h1-7H,9-11H2,(H,21,22). The van der Waals surface area contributed by atoms with Crippen LogP contribution in [-0.2, 0) is 11.3 Å². The number of rotatable bonds is 4. The smallest absolute Gasteiger partial charge is 0.262 e. The molecule has 2 aliphatic heterocycles. The van der Waals surface area contributed by atoms with Crippen molar-refractivity contribution in [1.82, 2.24) is 5.32 Å². The van der Waals surface area contributed by atoms with Crippen LogP contribution in [0, 0.1) is 11.3 Å². The fraction of sp³-hybridized carbons (Fsp3) is 0.158. The lowest BCUT2D eigenvalue weighted by Gasteiger charge is -2.06. The second kappa shape index (κ2) is 6.69. The van der Waals surface area contributed by atoms with Crippen LogP contribution in [0.3, 0.4) is 0 Å². The van der Waals surface area contributed by atoms with E-state index < -0.39 is 5.91 Å². The number of benzene rings is 2. The Balaban J connectivity index is 1.45.